The van der Waals surface area contributed by atoms with Gasteiger partial charge in [0.25, 0.3) is 0 Å². The van der Waals surface area contributed by atoms with Crippen LogP contribution in [0.15, 0.2) is 53.7 Å². The Morgan fingerprint density at radius 3 is 2.75 bits per heavy atom. The van der Waals surface area contributed by atoms with Gasteiger partial charge in [0.05, 0.1) is 0 Å². The van der Waals surface area contributed by atoms with Gasteiger partial charge in [-0.15, -0.1) is 0 Å². The number of H-pyrrole nitrogens is 1. The minimum atomic E-state index is -1.06. The first-order valence-electron chi connectivity index (χ1n) is 7.38. The highest BCUT2D eigenvalue weighted by Gasteiger charge is 2.18. The Kier molecular flexibility index (Phi) is 4.20. The number of phenolic OH excluding ortho intramolecular Hbond substituents is 2. The van der Waals surface area contributed by atoms with Crippen LogP contribution in [0.25, 0.3) is 10.9 Å². The zero-order chi connectivity index (χ0) is 17.1. The van der Waals surface area contributed by atoms with E-state index in [-0.39, 0.29) is 23.5 Å². The van der Waals surface area contributed by atoms with Crippen LogP contribution in [-0.4, -0.2) is 38.5 Å². The number of carboxylic acid groups (broad SMARTS) is 1. The molecule has 0 saturated heterocycles. The second-order valence-electron chi connectivity index (χ2n) is 5.41. The largest absolute Gasteiger partial charge is 0.504 e. The summed E-state index contributed by atoms with van der Waals surface area (Å²) in [5.41, 5.74) is 2.06. The molecule has 1 atom stereocenters. The van der Waals surface area contributed by atoms with E-state index in [1.165, 1.54) is 12.3 Å². The molecular weight excluding hydrogens is 308 g/mol. The van der Waals surface area contributed by atoms with Crippen molar-refractivity contribution in [2.45, 2.75) is 12.5 Å². The highest BCUT2D eigenvalue weighted by molar-refractivity contribution is 5.88. The van der Waals surface area contributed by atoms with Crippen LogP contribution in [0.4, 0.5) is 0 Å². The molecule has 3 rings (SSSR count). The molecule has 6 heteroatoms. The summed E-state index contributed by atoms with van der Waals surface area (Å²) in [6.45, 7) is 0. The topological polar surface area (TPSA) is 106 Å². The fourth-order valence-corrected chi connectivity index (χ4v) is 2.54. The van der Waals surface area contributed by atoms with Gasteiger partial charge < -0.3 is 20.3 Å². The van der Waals surface area contributed by atoms with Gasteiger partial charge in [-0.2, -0.15) is 0 Å². The van der Waals surface area contributed by atoms with E-state index in [0.29, 0.717) is 0 Å². The van der Waals surface area contributed by atoms with E-state index < -0.39 is 12.0 Å². The molecule has 122 valence electrons. The predicted octanol–water partition coefficient (Wildman–Crippen LogP) is 2.69. The average molecular weight is 324 g/mol. The summed E-state index contributed by atoms with van der Waals surface area (Å²) in [5, 5.41) is 29.6. The molecule has 24 heavy (non-hydrogen) atoms. The van der Waals surface area contributed by atoms with Crippen LogP contribution in [0.5, 0.6) is 11.5 Å². The van der Waals surface area contributed by atoms with Crippen molar-refractivity contribution in [3.05, 3.63) is 59.8 Å². The first-order chi connectivity index (χ1) is 11.6. The quantitative estimate of drug-likeness (QED) is 0.427. The molecule has 0 saturated carbocycles. The first-order valence-corrected chi connectivity index (χ1v) is 7.38. The zero-order valence-electron chi connectivity index (χ0n) is 12.7. The number of rotatable bonds is 5. The van der Waals surface area contributed by atoms with Gasteiger partial charge in [-0.3, -0.25) is 4.99 Å². The number of benzene rings is 2. The van der Waals surface area contributed by atoms with E-state index in [9.17, 15) is 20.1 Å². The van der Waals surface area contributed by atoms with Crippen molar-refractivity contribution in [1.82, 2.24) is 4.98 Å². The summed E-state index contributed by atoms with van der Waals surface area (Å²) in [5.74, 6) is -1.66. The lowest BCUT2D eigenvalue weighted by molar-refractivity contribution is -0.138. The van der Waals surface area contributed by atoms with Crippen molar-refractivity contribution in [3.63, 3.8) is 0 Å². The molecule has 0 fully saturated rings. The van der Waals surface area contributed by atoms with E-state index in [1.807, 2.05) is 24.3 Å². The summed E-state index contributed by atoms with van der Waals surface area (Å²) in [4.78, 5) is 18.7. The molecule has 0 spiro atoms. The van der Waals surface area contributed by atoms with Crippen LogP contribution in [-0.2, 0) is 11.2 Å². The van der Waals surface area contributed by atoms with Gasteiger partial charge in [-0.05, 0) is 23.8 Å². The SMILES string of the molecule is O=C(O)[C@H](Cc1c[nH]c2ccccc12)N=Cc1cccc(O)c1O. The Morgan fingerprint density at radius 1 is 1.17 bits per heavy atom. The Bertz CT molecular complexity index is 914. The molecule has 0 aliphatic rings. The molecule has 0 radical (unpaired) electrons. The molecule has 2 aromatic carbocycles. The van der Waals surface area contributed by atoms with E-state index in [4.69, 9.17) is 0 Å². The fourth-order valence-electron chi connectivity index (χ4n) is 2.54. The summed E-state index contributed by atoms with van der Waals surface area (Å²) < 4.78 is 0. The highest BCUT2D eigenvalue weighted by Crippen LogP contribution is 2.27. The summed E-state index contributed by atoms with van der Waals surface area (Å²) in [6.07, 6.45) is 3.26. The molecule has 1 aromatic heterocycles. The van der Waals surface area contributed by atoms with Crippen LogP contribution in [0, 0.1) is 0 Å². The number of aliphatic imine (C=N–C) groups is 1. The molecule has 1 heterocycles. The Morgan fingerprint density at radius 2 is 1.96 bits per heavy atom. The number of hydrogen-bond acceptors (Lipinski definition) is 4. The minimum Gasteiger partial charge on any atom is -0.504 e. The van der Waals surface area contributed by atoms with E-state index >= 15 is 0 Å². The molecule has 0 aliphatic heterocycles. The van der Waals surface area contributed by atoms with E-state index in [1.54, 1.807) is 18.3 Å². The van der Waals surface area contributed by atoms with Gasteiger partial charge in [-0.25, -0.2) is 4.79 Å². The number of nitrogens with one attached hydrogen (secondary N) is 1. The van der Waals surface area contributed by atoms with Crippen LogP contribution in [0.3, 0.4) is 0 Å². The standard InChI is InChI=1S/C18H16N2O4/c21-16-7-3-4-11(17(16)22)9-20-15(18(23)24)8-12-10-19-14-6-2-1-5-13(12)14/h1-7,9-10,15,19,21-22H,8H2,(H,23,24)/t15-/m0/s1. The van der Waals surface area contributed by atoms with Gasteiger partial charge in [0.1, 0.15) is 0 Å². The number of nitrogens with zero attached hydrogens (tertiary/aromatic N) is 1. The fraction of sp³-hybridized carbons (Fsp3) is 0.111. The van der Waals surface area contributed by atoms with Gasteiger partial charge in [-0.1, -0.05) is 24.3 Å². The molecule has 6 nitrogen and oxygen atoms in total. The lowest BCUT2D eigenvalue weighted by Crippen LogP contribution is -2.20. The van der Waals surface area contributed by atoms with Crippen molar-refractivity contribution in [2.75, 3.05) is 0 Å². The summed E-state index contributed by atoms with van der Waals surface area (Å²) >= 11 is 0. The van der Waals surface area contributed by atoms with Crippen molar-refractivity contribution in [3.8, 4) is 11.5 Å². The Hall–Kier alpha value is -3.28. The normalized spacial score (nSPS) is 12.7. The maximum atomic E-state index is 11.5. The average Bonchev–Trinajstić information content (AvgIpc) is 2.98. The lowest BCUT2D eigenvalue weighted by Gasteiger charge is -2.07. The highest BCUT2D eigenvalue weighted by atomic mass is 16.4. The van der Waals surface area contributed by atoms with Gasteiger partial charge in [0.2, 0.25) is 0 Å². The van der Waals surface area contributed by atoms with Crippen LogP contribution >= 0.6 is 0 Å². The molecule has 0 aliphatic carbocycles. The Balaban J connectivity index is 1.86. The van der Waals surface area contributed by atoms with Crippen molar-refractivity contribution in [2.24, 2.45) is 4.99 Å². The number of carbonyl (C=O) groups is 1. The number of carboxylic acids is 1. The molecule has 0 bridgehead atoms. The van der Waals surface area contributed by atoms with Crippen molar-refractivity contribution < 1.29 is 20.1 Å². The second-order valence-corrected chi connectivity index (χ2v) is 5.41. The van der Waals surface area contributed by atoms with Crippen molar-refractivity contribution >= 4 is 23.1 Å². The van der Waals surface area contributed by atoms with Gasteiger partial charge in [0.15, 0.2) is 17.5 Å². The molecule has 3 aromatic rings. The second kappa shape index (κ2) is 6.45. The molecule has 0 unspecified atom stereocenters. The third-order valence-corrected chi connectivity index (χ3v) is 3.81. The maximum Gasteiger partial charge on any atom is 0.328 e. The molecule has 0 amide bonds. The maximum absolute atomic E-state index is 11.5. The number of para-hydroxylation sites is 2. The Labute approximate surface area is 137 Å². The molecular formula is C18H16N2O4. The zero-order valence-corrected chi connectivity index (χ0v) is 12.7. The van der Waals surface area contributed by atoms with Gasteiger partial charge in [0, 0.05) is 35.3 Å². The van der Waals surface area contributed by atoms with Crippen molar-refractivity contribution in [1.29, 1.82) is 0 Å². The predicted molar refractivity (Wildman–Crippen MR) is 90.8 cm³/mol. The smallest absolute Gasteiger partial charge is 0.328 e. The number of aromatic nitrogens is 1. The van der Waals surface area contributed by atoms with E-state index in [0.717, 1.165) is 16.5 Å². The summed E-state index contributed by atoms with van der Waals surface area (Å²) in [7, 11) is 0. The number of aromatic hydroxyl groups is 2. The number of phenols is 2. The third-order valence-electron chi connectivity index (χ3n) is 3.81. The first kappa shape index (κ1) is 15.6. The van der Waals surface area contributed by atoms with E-state index in [2.05, 4.69) is 9.98 Å². The lowest BCUT2D eigenvalue weighted by atomic mass is 10.1. The van der Waals surface area contributed by atoms with Crippen LogP contribution < -0.4 is 0 Å². The molecule has 4 N–H and O–H groups in total. The van der Waals surface area contributed by atoms with Crippen LogP contribution in [0.1, 0.15) is 11.1 Å². The van der Waals surface area contributed by atoms with Crippen LogP contribution in [0.2, 0.25) is 0 Å². The number of aliphatic carboxylic acids is 1. The number of hydrogen-bond donors (Lipinski definition) is 4. The monoisotopic (exact) mass is 324 g/mol. The third kappa shape index (κ3) is 3.08. The number of aromatic amines is 1. The minimum absolute atomic E-state index is 0.218. The number of fused-ring (bicyclic) bond motifs is 1. The van der Waals surface area contributed by atoms with Gasteiger partial charge >= 0.3 is 5.97 Å². The summed E-state index contributed by atoms with van der Waals surface area (Å²) in [6, 6.07) is 11.1.